The summed E-state index contributed by atoms with van der Waals surface area (Å²) in [6, 6.07) is 0. The highest BCUT2D eigenvalue weighted by atomic mass is 16.3. The Balaban J connectivity index is 1.61. The Morgan fingerprint density at radius 3 is 2.56 bits per heavy atom. The Morgan fingerprint density at radius 2 is 1.89 bits per heavy atom. The van der Waals surface area contributed by atoms with Crippen molar-refractivity contribution in [1.82, 2.24) is 10.6 Å². The van der Waals surface area contributed by atoms with E-state index in [2.05, 4.69) is 10.6 Å². The van der Waals surface area contributed by atoms with E-state index in [0.717, 1.165) is 38.8 Å². The molecular formula is C14H26N2O2. The van der Waals surface area contributed by atoms with Gasteiger partial charge in [0.25, 0.3) is 0 Å². The minimum absolute atomic E-state index is 0.110. The lowest BCUT2D eigenvalue weighted by Gasteiger charge is -2.23. The van der Waals surface area contributed by atoms with Crippen LogP contribution >= 0.6 is 0 Å². The molecule has 0 aromatic rings. The Hall–Kier alpha value is -0.610. The van der Waals surface area contributed by atoms with E-state index in [1.165, 1.54) is 12.8 Å². The molecule has 1 amide bonds. The van der Waals surface area contributed by atoms with E-state index >= 15 is 0 Å². The van der Waals surface area contributed by atoms with Crippen molar-refractivity contribution in [2.45, 2.75) is 51.0 Å². The summed E-state index contributed by atoms with van der Waals surface area (Å²) in [7, 11) is 0. The fraction of sp³-hybridized carbons (Fsp3) is 0.929. The first kappa shape index (κ1) is 13.8. The van der Waals surface area contributed by atoms with Crippen molar-refractivity contribution < 1.29 is 9.90 Å². The van der Waals surface area contributed by atoms with Crippen molar-refractivity contribution in [3.63, 3.8) is 0 Å². The van der Waals surface area contributed by atoms with Gasteiger partial charge in [-0.05, 0) is 50.6 Å². The average molecular weight is 254 g/mol. The zero-order valence-electron chi connectivity index (χ0n) is 11.2. The number of piperidine rings is 1. The van der Waals surface area contributed by atoms with E-state index in [0.29, 0.717) is 24.8 Å². The molecule has 0 aromatic heterocycles. The number of nitrogens with one attached hydrogen (secondary N) is 2. The summed E-state index contributed by atoms with van der Waals surface area (Å²) >= 11 is 0. The highest BCUT2D eigenvalue weighted by molar-refractivity contribution is 5.76. The van der Waals surface area contributed by atoms with Crippen molar-refractivity contribution in [3.05, 3.63) is 0 Å². The van der Waals surface area contributed by atoms with Crippen LogP contribution in [0.1, 0.15) is 44.9 Å². The summed E-state index contributed by atoms with van der Waals surface area (Å²) in [5.74, 6) is 1.04. The molecule has 18 heavy (non-hydrogen) atoms. The second-order valence-electron chi connectivity index (χ2n) is 5.81. The molecule has 4 nitrogen and oxygen atoms in total. The number of hydrogen-bond acceptors (Lipinski definition) is 3. The maximum Gasteiger partial charge on any atom is 0.220 e. The molecule has 1 saturated heterocycles. The molecule has 1 aliphatic carbocycles. The highest BCUT2D eigenvalue weighted by Crippen LogP contribution is 2.27. The van der Waals surface area contributed by atoms with E-state index < -0.39 is 0 Å². The first-order chi connectivity index (χ1) is 8.75. The monoisotopic (exact) mass is 254 g/mol. The third kappa shape index (κ3) is 4.25. The summed E-state index contributed by atoms with van der Waals surface area (Å²) < 4.78 is 0. The lowest BCUT2D eigenvalue weighted by atomic mass is 9.94. The molecule has 3 N–H and O–H groups in total. The summed E-state index contributed by atoms with van der Waals surface area (Å²) in [4.78, 5) is 11.8. The van der Waals surface area contributed by atoms with Gasteiger partial charge < -0.3 is 15.7 Å². The number of aliphatic hydroxyl groups is 1. The van der Waals surface area contributed by atoms with Crippen molar-refractivity contribution in [3.8, 4) is 0 Å². The molecule has 0 radical (unpaired) electrons. The van der Waals surface area contributed by atoms with E-state index in [1.54, 1.807) is 0 Å². The normalized spacial score (nSPS) is 24.1. The molecule has 2 aliphatic rings. The van der Waals surface area contributed by atoms with Crippen LogP contribution in [-0.4, -0.2) is 36.8 Å². The molecule has 1 aliphatic heterocycles. The van der Waals surface area contributed by atoms with Gasteiger partial charge in [0.05, 0.1) is 6.10 Å². The van der Waals surface area contributed by atoms with E-state index in [9.17, 15) is 9.90 Å². The van der Waals surface area contributed by atoms with Crippen LogP contribution < -0.4 is 10.6 Å². The number of carbonyl (C=O) groups excluding carboxylic acids is 1. The SMILES string of the molecule is O=C(CC1CCNCC1)NCC(O)C1CCCC1. The van der Waals surface area contributed by atoms with Gasteiger partial charge in [0, 0.05) is 13.0 Å². The fourth-order valence-corrected chi connectivity index (χ4v) is 3.15. The van der Waals surface area contributed by atoms with Crippen molar-refractivity contribution >= 4 is 5.91 Å². The van der Waals surface area contributed by atoms with Gasteiger partial charge in [-0.1, -0.05) is 12.8 Å². The predicted octanol–water partition coefficient (Wildman–Crippen LogP) is 1.04. The van der Waals surface area contributed by atoms with Crippen molar-refractivity contribution in [2.75, 3.05) is 19.6 Å². The molecule has 0 bridgehead atoms. The molecule has 0 spiro atoms. The molecule has 1 atom stereocenters. The van der Waals surface area contributed by atoms with Crippen LogP contribution in [0.25, 0.3) is 0 Å². The van der Waals surface area contributed by atoms with Crippen LogP contribution in [0.5, 0.6) is 0 Å². The van der Waals surface area contributed by atoms with Gasteiger partial charge in [-0.2, -0.15) is 0 Å². The van der Waals surface area contributed by atoms with E-state index in [4.69, 9.17) is 0 Å². The van der Waals surface area contributed by atoms with Crippen molar-refractivity contribution in [2.24, 2.45) is 11.8 Å². The van der Waals surface area contributed by atoms with Gasteiger partial charge in [0.15, 0.2) is 0 Å². The first-order valence-corrected chi connectivity index (χ1v) is 7.41. The van der Waals surface area contributed by atoms with E-state index in [-0.39, 0.29) is 12.0 Å². The lowest BCUT2D eigenvalue weighted by Crippen LogP contribution is -2.37. The highest BCUT2D eigenvalue weighted by Gasteiger charge is 2.24. The van der Waals surface area contributed by atoms with Crippen LogP contribution in [0.4, 0.5) is 0 Å². The second kappa shape index (κ2) is 7.10. The number of carbonyl (C=O) groups is 1. The molecule has 4 heteroatoms. The van der Waals surface area contributed by atoms with Gasteiger partial charge in [-0.25, -0.2) is 0 Å². The summed E-state index contributed by atoms with van der Waals surface area (Å²) in [5, 5.41) is 16.2. The maximum atomic E-state index is 11.8. The van der Waals surface area contributed by atoms with Gasteiger partial charge in [0.2, 0.25) is 5.91 Å². The number of amides is 1. The first-order valence-electron chi connectivity index (χ1n) is 7.41. The van der Waals surface area contributed by atoms with Crippen LogP contribution in [0.2, 0.25) is 0 Å². The third-order valence-corrected chi connectivity index (χ3v) is 4.39. The minimum atomic E-state index is -0.343. The van der Waals surface area contributed by atoms with Crippen LogP contribution in [-0.2, 0) is 4.79 Å². The average Bonchev–Trinajstić information content (AvgIpc) is 2.91. The number of hydrogen-bond donors (Lipinski definition) is 3. The smallest absolute Gasteiger partial charge is 0.220 e. The molecule has 1 heterocycles. The molecule has 1 unspecified atom stereocenters. The van der Waals surface area contributed by atoms with Crippen LogP contribution in [0.15, 0.2) is 0 Å². The van der Waals surface area contributed by atoms with Crippen molar-refractivity contribution in [1.29, 1.82) is 0 Å². The topological polar surface area (TPSA) is 61.4 Å². The molecule has 1 saturated carbocycles. The predicted molar refractivity (Wildman–Crippen MR) is 71.2 cm³/mol. The molecule has 0 aromatic carbocycles. The molecule has 2 fully saturated rings. The van der Waals surface area contributed by atoms with Gasteiger partial charge in [0.1, 0.15) is 0 Å². The molecular weight excluding hydrogens is 228 g/mol. The van der Waals surface area contributed by atoms with Gasteiger partial charge >= 0.3 is 0 Å². The Morgan fingerprint density at radius 1 is 1.22 bits per heavy atom. The third-order valence-electron chi connectivity index (χ3n) is 4.39. The van der Waals surface area contributed by atoms with Crippen LogP contribution in [0.3, 0.4) is 0 Å². The van der Waals surface area contributed by atoms with E-state index in [1.807, 2.05) is 0 Å². The van der Waals surface area contributed by atoms with Gasteiger partial charge in [-0.3, -0.25) is 4.79 Å². The fourth-order valence-electron chi connectivity index (χ4n) is 3.15. The summed E-state index contributed by atoms with van der Waals surface area (Å²) in [5.41, 5.74) is 0. The Labute approximate surface area is 110 Å². The second-order valence-corrected chi connectivity index (χ2v) is 5.81. The maximum absolute atomic E-state index is 11.8. The summed E-state index contributed by atoms with van der Waals surface area (Å²) in [6.45, 7) is 2.50. The minimum Gasteiger partial charge on any atom is -0.391 e. The zero-order valence-corrected chi connectivity index (χ0v) is 11.2. The number of rotatable bonds is 5. The quantitative estimate of drug-likeness (QED) is 0.687. The Kier molecular flexibility index (Phi) is 5.45. The standard InChI is InChI=1S/C14H26N2O2/c17-13(12-3-1-2-4-12)10-16-14(18)9-11-5-7-15-8-6-11/h11-13,15,17H,1-10H2,(H,16,18). The largest absolute Gasteiger partial charge is 0.391 e. The number of aliphatic hydroxyl groups excluding tert-OH is 1. The Bertz CT molecular complexity index is 259. The lowest BCUT2D eigenvalue weighted by molar-refractivity contribution is -0.122. The van der Waals surface area contributed by atoms with Gasteiger partial charge in [-0.15, -0.1) is 0 Å². The summed E-state index contributed by atoms with van der Waals surface area (Å²) in [6.07, 6.45) is 7.16. The molecule has 104 valence electrons. The zero-order chi connectivity index (χ0) is 12.8. The molecule has 2 rings (SSSR count). The van der Waals surface area contributed by atoms with Crippen LogP contribution in [0, 0.1) is 11.8 Å².